The number of likely N-dealkylation sites (tertiary alicyclic amines) is 1. The summed E-state index contributed by atoms with van der Waals surface area (Å²) in [6.07, 6.45) is 9.29. The van der Waals surface area contributed by atoms with E-state index in [1.165, 1.54) is 0 Å². The summed E-state index contributed by atoms with van der Waals surface area (Å²) in [7, 11) is 1.78. The van der Waals surface area contributed by atoms with Gasteiger partial charge in [0.25, 0.3) is 5.91 Å². The number of aliphatic hydroxyl groups is 1. The molecule has 3 amide bonds. The van der Waals surface area contributed by atoms with Crippen LogP contribution in [0.3, 0.4) is 0 Å². The molecule has 1 unspecified atom stereocenters. The maximum Gasteiger partial charge on any atom is 0.251 e. The first-order valence-electron chi connectivity index (χ1n) is 14.1. The molecule has 5 rings (SSSR count). The van der Waals surface area contributed by atoms with Gasteiger partial charge in [0.2, 0.25) is 11.8 Å². The van der Waals surface area contributed by atoms with Gasteiger partial charge in [-0.05, 0) is 57.9 Å². The number of carbonyl (C=O) groups excluding carboxylic acids is 3. The zero-order valence-corrected chi connectivity index (χ0v) is 24.2. The number of aliphatic hydroxyl groups excluding tert-OH is 1. The molecule has 5 atom stereocenters. The van der Waals surface area contributed by atoms with Gasteiger partial charge in [0.15, 0.2) is 0 Å². The molecule has 0 bridgehead atoms. The Hall–Kier alpha value is -2.78. The number of hydrogen-bond donors (Lipinski definition) is 1. The van der Waals surface area contributed by atoms with Crippen molar-refractivity contribution in [2.45, 2.75) is 49.1 Å². The van der Waals surface area contributed by atoms with Crippen molar-refractivity contribution in [3.8, 4) is 0 Å². The Labute approximate surface area is 235 Å². The van der Waals surface area contributed by atoms with Crippen LogP contribution in [0.15, 0.2) is 48.6 Å². The molecule has 210 valence electrons. The van der Waals surface area contributed by atoms with E-state index < -0.39 is 27.4 Å². The molecule has 4 heterocycles. The highest BCUT2D eigenvalue weighted by Gasteiger charge is 2.73. The van der Waals surface area contributed by atoms with Crippen molar-refractivity contribution in [3.05, 3.63) is 48.6 Å². The third-order valence-corrected chi connectivity index (χ3v) is 10.7. The minimum atomic E-state index is -0.846. The predicted octanol–water partition coefficient (Wildman–Crippen LogP) is 2.92. The van der Waals surface area contributed by atoms with E-state index >= 15 is 0 Å². The molecular weight excluding hydrogens is 512 g/mol. The molecule has 0 radical (unpaired) electrons. The summed E-state index contributed by atoms with van der Waals surface area (Å²) >= 11 is 1.60. The lowest BCUT2D eigenvalue weighted by molar-refractivity contribution is -0.143. The summed E-state index contributed by atoms with van der Waals surface area (Å²) in [4.78, 5) is 49.9. The number of rotatable bonds is 8. The summed E-state index contributed by atoms with van der Waals surface area (Å²) in [5.74, 6) is -1.48. The Morgan fingerprint density at radius 1 is 0.949 bits per heavy atom. The number of nitrogens with zero attached hydrogens (tertiary/aromatic N) is 4. The number of benzene rings is 1. The maximum atomic E-state index is 14.5. The van der Waals surface area contributed by atoms with E-state index in [2.05, 4.69) is 30.9 Å². The van der Waals surface area contributed by atoms with Crippen molar-refractivity contribution in [1.82, 2.24) is 9.80 Å². The number of thioether (sulfide) groups is 1. The smallest absolute Gasteiger partial charge is 0.251 e. The molecule has 2 saturated heterocycles. The molecule has 1 aromatic carbocycles. The molecule has 1 N–H and O–H groups in total. The van der Waals surface area contributed by atoms with Crippen LogP contribution < -0.4 is 9.80 Å². The Balaban J connectivity index is 1.56. The average molecular weight is 553 g/mol. The first-order valence-corrected chi connectivity index (χ1v) is 14.9. The SMILES string of the molecule is CCN(CC)c1ccc(N2CC=C[C@]34S[C@@]5(C)C=CCN(C)C(=O)[C@H]5[C@H]3C(=O)N(CCCCO)C4C2=O)cc1. The van der Waals surface area contributed by atoms with Gasteiger partial charge >= 0.3 is 0 Å². The van der Waals surface area contributed by atoms with Crippen molar-refractivity contribution in [2.75, 3.05) is 56.2 Å². The molecule has 39 heavy (non-hydrogen) atoms. The van der Waals surface area contributed by atoms with Crippen LogP contribution >= 0.6 is 11.8 Å². The van der Waals surface area contributed by atoms with Gasteiger partial charge in [-0.3, -0.25) is 14.4 Å². The lowest BCUT2D eigenvalue weighted by atomic mass is 9.74. The van der Waals surface area contributed by atoms with Crippen LogP contribution in [0.25, 0.3) is 0 Å². The number of carbonyl (C=O) groups is 3. The molecule has 2 fully saturated rings. The summed E-state index contributed by atoms with van der Waals surface area (Å²) in [5.41, 5.74) is 1.90. The fourth-order valence-corrected chi connectivity index (χ4v) is 9.10. The number of hydrogen-bond acceptors (Lipinski definition) is 6. The average Bonchev–Trinajstić information content (AvgIpc) is 3.19. The third-order valence-electron chi connectivity index (χ3n) is 8.86. The van der Waals surface area contributed by atoms with Gasteiger partial charge < -0.3 is 24.7 Å². The van der Waals surface area contributed by atoms with Gasteiger partial charge in [0, 0.05) is 62.5 Å². The zero-order valence-electron chi connectivity index (χ0n) is 23.4. The van der Waals surface area contributed by atoms with E-state index in [1.54, 1.807) is 33.5 Å². The van der Waals surface area contributed by atoms with Gasteiger partial charge in [-0.1, -0.05) is 24.3 Å². The summed E-state index contributed by atoms with van der Waals surface area (Å²) < 4.78 is -1.44. The van der Waals surface area contributed by atoms with Crippen LogP contribution in [0.2, 0.25) is 0 Å². The lowest BCUT2D eigenvalue weighted by Crippen LogP contribution is -2.53. The van der Waals surface area contributed by atoms with Crippen LogP contribution in [0.1, 0.15) is 33.6 Å². The number of likely N-dealkylation sites (N-methyl/N-ethyl adjacent to an activating group) is 1. The van der Waals surface area contributed by atoms with Gasteiger partial charge in [0.05, 0.1) is 16.6 Å². The highest BCUT2D eigenvalue weighted by Crippen LogP contribution is 2.65. The van der Waals surface area contributed by atoms with Crippen LogP contribution in [0, 0.1) is 11.8 Å². The second-order valence-electron chi connectivity index (χ2n) is 11.1. The maximum absolute atomic E-state index is 14.5. The fourth-order valence-electron chi connectivity index (χ4n) is 6.94. The molecule has 1 spiro atoms. The topological polar surface area (TPSA) is 84.4 Å². The molecule has 0 aromatic heterocycles. The standard InChI is InChI=1S/C30H40N4O4S/c1-5-32(6-2)21-11-13-22(14-12-21)33-19-10-16-30-24(23-26(36)31(4)17-9-15-29(23,3)39-30)27(37)34(18-7-8-20-35)25(30)28(33)38/h9-16,23-25,35H,5-8,17-20H2,1-4H3/t23-,24+,25?,29+,30+/m1/s1. The first-order chi connectivity index (χ1) is 18.7. The Kier molecular flexibility index (Phi) is 7.59. The molecular formula is C30H40N4O4S. The number of amides is 3. The summed E-state index contributed by atoms with van der Waals surface area (Å²) in [6, 6.07) is 7.33. The minimum absolute atomic E-state index is 0.0314. The zero-order chi connectivity index (χ0) is 27.9. The number of unbranched alkanes of at least 4 members (excludes halogenated alkanes) is 1. The number of fused-ring (bicyclic) bond motifs is 2. The lowest BCUT2D eigenvalue weighted by Gasteiger charge is -2.37. The molecule has 4 aliphatic rings. The van der Waals surface area contributed by atoms with Crippen LogP contribution in [-0.2, 0) is 14.4 Å². The van der Waals surface area contributed by atoms with Crippen LogP contribution in [0.5, 0.6) is 0 Å². The van der Waals surface area contributed by atoms with E-state index in [0.29, 0.717) is 32.5 Å². The second-order valence-corrected chi connectivity index (χ2v) is 12.9. The highest BCUT2D eigenvalue weighted by molar-refractivity contribution is 8.02. The monoisotopic (exact) mass is 552 g/mol. The van der Waals surface area contributed by atoms with E-state index in [1.807, 2.05) is 43.3 Å². The highest BCUT2D eigenvalue weighted by atomic mass is 32.2. The Morgan fingerprint density at radius 3 is 2.31 bits per heavy atom. The van der Waals surface area contributed by atoms with Crippen LogP contribution in [0.4, 0.5) is 11.4 Å². The Bertz CT molecular complexity index is 1180. The van der Waals surface area contributed by atoms with Crippen molar-refractivity contribution in [1.29, 1.82) is 0 Å². The summed E-state index contributed by atoms with van der Waals surface area (Å²) in [5, 5.41) is 9.41. The van der Waals surface area contributed by atoms with Crippen molar-refractivity contribution >= 4 is 40.9 Å². The van der Waals surface area contributed by atoms with Gasteiger partial charge in [-0.25, -0.2) is 0 Å². The van der Waals surface area contributed by atoms with Crippen LogP contribution in [-0.4, -0.2) is 94.5 Å². The van der Waals surface area contributed by atoms with Gasteiger partial charge in [-0.2, -0.15) is 0 Å². The van der Waals surface area contributed by atoms with E-state index in [4.69, 9.17) is 0 Å². The quantitative estimate of drug-likeness (QED) is 0.395. The molecule has 4 aliphatic heterocycles. The second kappa shape index (κ2) is 10.7. The first kappa shape index (κ1) is 27.8. The van der Waals surface area contributed by atoms with E-state index in [-0.39, 0.29) is 24.3 Å². The minimum Gasteiger partial charge on any atom is -0.396 e. The number of anilines is 2. The summed E-state index contributed by atoms with van der Waals surface area (Å²) in [6.45, 7) is 9.40. The molecule has 9 heteroatoms. The predicted molar refractivity (Wildman–Crippen MR) is 156 cm³/mol. The van der Waals surface area contributed by atoms with Crippen molar-refractivity contribution < 1.29 is 19.5 Å². The largest absolute Gasteiger partial charge is 0.396 e. The fraction of sp³-hybridized carbons (Fsp3) is 0.567. The van der Waals surface area contributed by atoms with Gasteiger partial charge in [-0.15, -0.1) is 11.8 Å². The van der Waals surface area contributed by atoms with Crippen molar-refractivity contribution in [3.63, 3.8) is 0 Å². The van der Waals surface area contributed by atoms with E-state index in [0.717, 1.165) is 24.5 Å². The molecule has 0 saturated carbocycles. The normalized spacial score (nSPS) is 31.8. The molecule has 1 aromatic rings. The van der Waals surface area contributed by atoms with Crippen molar-refractivity contribution in [2.24, 2.45) is 11.8 Å². The molecule has 8 nitrogen and oxygen atoms in total. The molecule has 0 aliphatic carbocycles. The van der Waals surface area contributed by atoms with Gasteiger partial charge in [0.1, 0.15) is 6.04 Å². The Morgan fingerprint density at radius 2 is 1.64 bits per heavy atom. The van der Waals surface area contributed by atoms with E-state index in [9.17, 15) is 19.5 Å². The third kappa shape index (κ3) is 4.38.